The van der Waals surface area contributed by atoms with Gasteiger partial charge in [-0.25, -0.2) is 0 Å². The summed E-state index contributed by atoms with van der Waals surface area (Å²) in [5.41, 5.74) is 3.99. The molecule has 0 radical (unpaired) electrons. The first kappa shape index (κ1) is 12.3. The molecule has 0 spiro atoms. The molecule has 0 saturated heterocycles. The van der Waals surface area contributed by atoms with E-state index in [2.05, 4.69) is 11.8 Å². The van der Waals surface area contributed by atoms with Gasteiger partial charge in [-0.15, -0.1) is 5.92 Å². The number of benzene rings is 1. The minimum absolute atomic E-state index is 0.0921. The van der Waals surface area contributed by atoms with E-state index in [0.717, 1.165) is 28.7 Å². The van der Waals surface area contributed by atoms with Crippen LogP contribution in [0.4, 0.5) is 0 Å². The van der Waals surface area contributed by atoms with Gasteiger partial charge < -0.3 is 5.11 Å². The van der Waals surface area contributed by atoms with Crippen molar-refractivity contribution in [2.45, 2.75) is 33.6 Å². The van der Waals surface area contributed by atoms with Gasteiger partial charge in [-0.2, -0.15) is 0 Å². The summed E-state index contributed by atoms with van der Waals surface area (Å²) in [6, 6.07) is 3.94. The molecule has 0 bridgehead atoms. The van der Waals surface area contributed by atoms with Crippen molar-refractivity contribution in [3.63, 3.8) is 0 Å². The predicted octanol–water partition coefficient (Wildman–Crippen LogP) is 2.56. The Kier molecular flexibility index (Phi) is 4.13. The lowest BCUT2D eigenvalue weighted by molar-refractivity contribution is -0.136. The van der Waals surface area contributed by atoms with Crippen LogP contribution in [0.15, 0.2) is 12.1 Å². The molecule has 0 aromatic heterocycles. The molecular formula is C14H16O2. The summed E-state index contributed by atoms with van der Waals surface area (Å²) < 4.78 is 0. The number of aryl methyl sites for hydroxylation is 2. The first-order chi connectivity index (χ1) is 7.58. The normalized spacial score (nSPS) is 9.44. The van der Waals surface area contributed by atoms with Gasteiger partial charge in [0.2, 0.25) is 0 Å². The standard InChI is InChI=1S/C14H16O2/c1-4-6-11-7-10(3)13(9-14(15)16)12(5-2)8-11/h7-8H,5,9H2,1-3H3,(H,15,16). The molecule has 1 N–H and O–H groups in total. The quantitative estimate of drug-likeness (QED) is 0.788. The third-order valence-electron chi connectivity index (χ3n) is 2.54. The maximum atomic E-state index is 10.8. The van der Waals surface area contributed by atoms with Crippen LogP contribution >= 0.6 is 0 Å². The summed E-state index contributed by atoms with van der Waals surface area (Å²) in [4.78, 5) is 10.8. The minimum Gasteiger partial charge on any atom is -0.481 e. The Bertz CT molecular complexity index is 462. The Morgan fingerprint density at radius 2 is 2.12 bits per heavy atom. The van der Waals surface area contributed by atoms with E-state index in [-0.39, 0.29) is 6.42 Å². The lowest BCUT2D eigenvalue weighted by Crippen LogP contribution is -2.06. The molecule has 0 aliphatic heterocycles. The lowest BCUT2D eigenvalue weighted by Gasteiger charge is -2.10. The third-order valence-corrected chi connectivity index (χ3v) is 2.54. The van der Waals surface area contributed by atoms with E-state index in [1.165, 1.54) is 0 Å². The molecular weight excluding hydrogens is 200 g/mol. The van der Waals surface area contributed by atoms with Gasteiger partial charge in [0.15, 0.2) is 0 Å². The van der Waals surface area contributed by atoms with Gasteiger partial charge in [-0.05, 0) is 49.1 Å². The fourth-order valence-electron chi connectivity index (χ4n) is 1.83. The van der Waals surface area contributed by atoms with E-state index in [1.807, 2.05) is 26.0 Å². The van der Waals surface area contributed by atoms with Gasteiger partial charge in [0, 0.05) is 5.56 Å². The van der Waals surface area contributed by atoms with Gasteiger partial charge in [0.05, 0.1) is 6.42 Å². The van der Waals surface area contributed by atoms with Crippen molar-refractivity contribution in [1.29, 1.82) is 0 Å². The van der Waals surface area contributed by atoms with Crippen molar-refractivity contribution in [2.75, 3.05) is 0 Å². The molecule has 1 aromatic rings. The largest absolute Gasteiger partial charge is 0.481 e. The highest BCUT2D eigenvalue weighted by Gasteiger charge is 2.09. The van der Waals surface area contributed by atoms with E-state index < -0.39 is 5.97 Å². The van der Waals surface area contributed by atoms with Crippen molar-refractivity contribution in [1.82, 2.24) is 0 Å². The van der Waals surface area contributed by atoms with Crippen LogP contribution in [-0.2, 0) is 17.6 Å². The molecule has 1 aromatic carbocycles. The zero-order valence-electron chi connectivity index (χ0n) is 9.92. The maximum Gasteiger partial charge on any atom is 0.307 e. The van der Waals surface area contributed by atoms with Crippen LogP contribution in [0.2, 0.25) is 0 Å². The number of carboxylic acid groups (broad SMARTS) is 1. The average Bonchev–Trinajstić information content (AvgIpc) is 2.21. The number of carbonyl (C=O) groups is 1. The van der Waals surface area contributed by atoms with E-state index in [1.54, 1.807) is 6.92 Å². The molecule has 16 heavy (non-hydrogen) atoms. The molecule has 0 heterocycles. The Hall–Kier alpha value is -1.75. The highest BCUT2D eigenvalue weighted by Crippen LogP contribution is 2.18. The van der Waals surface area contributed by atoms with Crippen molar-refractivity contribution in [2.24, 2.45) is 0 Å². The van der Waals surface area contributed by atoms with Gasteiger partial charge >= 0.3 is 5.97 Å². The monoisotopic (exact) mass is 216 g/mol. The topological polar surface area (TPSA) is 37.3 Å². The Morgan fingerprint density at radius 1 is 1.44 bits per heavy atom. The Balaban J connectivity index is 3.26. The third kappa shape index (κ3) is 2.87. The van der Waals surface area contributed by atoms with Crippen molar-refractivity contribution >= 4 is 5.97 Å². The molecule has 0 unspecified atom stereocenters. The zero-order valence-corrected chi connectivity index (χ0v) is 9.92. The Labute approximate surface area is 96.3 Å². The molecule has 0 saturated carbocycles. The molecule has 0 atom stereocenters. The van der Waals surface area contributed by atoms with Crippen LogP contribution in [0.1, 0.15) is 36.1 Å². The molecule has 84 valence electrons. The van der Waals surface area contributed by atoms with Crippen LogP contribution in [-0.4, -0.2) is 11.1 Å². The van der Waals surface area contributed by atoms with Crippen LogP contribution in [0.3, 0.4) is 0 Å². The first-order valence-corrected chi connectivity index (χ1v) is 5.35. The number of carboxylic acids is 1. The van der Waals surface area contributed by atoms with Gasteiger partial charge in [-0.3, -0.25) is 4.79 Å². The second-order valence-electron chi connectivity index (χ2n) is 3.73. The van der Waals surface area contributed by atoms with Crippen LogP contribution in [0, 0.1) is 18.8 Å². The highest BCUT2D eigenvalue weighted by molar-refractivity contribution is 5.71. The SMILES string of the molecule is CC#Cc1cc(C)c(CC(=O)O)c(CC)c1. The summed E-state index contributed by atoms with van der Waals surface area (Å²) in [6.45, 7) is 5.77. The van der Waals surface area contributed by atoms with Crippen LogP contribution in [0.5, 0.6) is 0 Å². The fraction of sp³-hybridized carbons (Fsp3) is 0.357. The van der Waals surface area contributed by atoms with Crippen LogP contribution in [0.25, 0.3) is 0 Å². The maximum absolute atomic E-state index is 10.8. The molecule has 1 rings (SSSR count). The van der Waals surface area contributed by atoms with Gasteiger partial charge in [-0.1, -0.05) is 12.8 Å². The molecule has 2 heteroatoms. The molecule has 2 nitrogen and oxygen atoms in total. The van der Waals surface area contributed by atoms with Gasteiger partial charge in [0.25, 0.3) is 0 Å². The highest BCUT2D eigenvalue weighted by atomic mass is 16.4. The van der Waals surface area contributed by atoms with E-state index in [4.69, 9.17) is 5.11 Å². The number of hydrogen-bond donors (Lipinski definition) is 1. The van der Waals surface area contributed by atoms with Gasteiger partial charge in [0.1, 0.15) is 0 Å². The Morgan fingerprint density at radius 3 is 2.62 bits per heavy atom. The average molecular weight is 216 g/mol. The zero-order chi connectivity index (χ0) is 12.1. The lowest BCUT2D eigenvalue weighted by atomic mass is 9.95. The predicted molar refractivity (Wildman–Crippen MR) is 64.4 cm³/mol. The summed E-state index contributed by atoms with van der Waals surface area (Å²) in [7, 11) is 0. The van der Waals surface area contributed by atoms with E-state index in [0.29, 0.717) is 0 Å². The first-order valence-electron chi connectivity index (χ1n) is 5.35. The van der Waals surface area contributed by atoms with E-state index in [9.17, 15) is 4.79 Å². The second kappa shape index (κ2) is 5.37. The fourth-order valence-corrected chi connectivity index (χ4v) is 1.83. The number of rotatable bonds is 3. The molecule has 0 aliphatic carbocycles. The number of hydrogen-bond acceptors (Lipinski definition) is 1. The number of aliphatic carboxylic acids is 1. The summed E-state index contributed by atoms with van der Waals surface area (Å²) in [5.74, 6) is 5.08. The van der Waals surface area contributed by atoms with Crippen LogP contribution < -0.4 is 0 Å². The molecule has 0 fully saturated rings. The minimum atomic E-state index is -0.785. The van der Waals surface area contributed by atoms with Crippen molar-refractivity contribution in [3.05, 3.63) is 34.4 Å². The molecule has 0 aliphatic rings. The van der Waals surface area contributed by atoms with E-state index >= 15 is 0 Å². The smallest absolute Gasteiger partial charge is 0.307 e. The second-order valence-corrected chi connectivity index (χ2v) is 3.73. The summed E-state index contributed by atoms with van der Waals surface area (Å²) in [5, 5.41) is 8.86. The van der Waals surface area contributed by atoms with Crippen molar-refractivity contribution in [3.8, 4) is 11.8 Å². The summed E-state index contributed by atoms with van der Waals surface area (Å²) in [6.07, 6.45) is 0.928. The van der Waals surface area contributed by atoms with Crippen molar-refractivity contribution < 1.29 is 9.90 Å². The molecule has 0 amide bonds. The summed E-state index contributed by atoms with van der Waals surface area (Å²) >= 11 is 0.